The number of nitrogens with two attached hydrogens (primary N) is 1. The van der Waals surface area contributed by atoms with E-state index >= 15 is 0 Å². The Hall–Kier alpha value is -1.26. The van der Waals surface area contributed by atoms with Crippen LogP contribution < -0.4 is 11.1 Å². The zero-order chi connectivity index (χ0) is 14.0. The standard InChI is InChI=1S/C14H20ClN3O/c1-10-9-14(13(16)19,6-7-18(10)2)17-12-5-3-4-11(15)8-12/h3-5,8,10,17H,6-7,9H2,1-2H3,(H2,16,19). The van der Waals surface area contributed by atoms with E-state index in [1.807, 2.05) is 18.2 Å². The quantitative estimate of drug-likeness (QED) is 0.892. The lowest BCUT2D eigenvalue weighted by atomic mass is 9.83. The molecule has 1 aromatic carbocycles. The molecule has 1 aliphatic rings. The molecule has 0 aromatic heterocycles. The first-order valence-electron chi connectivity index (χ1n) is 6.47. The zero-order valence-electron chi connectivity index (χ0n) is 11.3. The first kappa shape index (κ1) is 14.2. The Kier molecular flexibility index (Phi) is 4.02. The number of likely N-dealkylation sites (tertiary alicyclic amines) is 1. The van der Waals surface area contributed by atoms with Crippen LogP contribution in [0.2, 0.25) is 5.02 Å². The van der Waals surface area contributed by atoms with Crippen LogP contribution in [0.15, 0.2) is 24.3 Å². The molecule has 2 unspecified atom stereocenters. The van der Waals surface area contributed by atoms with Gasteiger partial charge in [-0.3, -0.25) is 4.79 Å². The van der Waals surface area contributed by atoms with Crippen molar-refractivity contribution in [3.05, 3.63) is 29.3 Å². The molecule has 4 nitrogen and oxygen atoms in total. The van der Waals surface area contributed by atoms with Crippen LogP contribution >= 0.6 is 11.6 Å². The molecule has 1 aliphatic heterocycles. The summed E-state index contributed by atoms with van der Waals surface area (Å²) >= 11 is 5.97. The van der Waals surface area contributed by atoms with Crippen molar-refractivity contribution in [2.24, 2.45) is 5.73 Å². The summed E-state index contributed by atoms with van der Waals surface area (Å²) in [5, 5.41) is 3.94. The van der Waals surface area contributed by atoms with Crippen molar-refractivity contribution in [3.8, 4) is 0 Å². The molecule has 3 N–H and O–H groups in total. The molecule has 2 rings (SSSR count). The molecule has 5 heteroatoms. The summed E-state index contributed by atoms with van der Waals surface area (Å²) in [4.78, 5) is 14.2. The fraction of sp³-hybridized carbons (Fsp3) is 0.500. The van der Waals surface area contributed by atoms with Crippen LogP contribution in [0, 0.1) is 0 Å². The monoisotopic (exact) mass is 281 g/mol. The second-order valence-electron chi connectivity index (χ2n) is 5.37. The van der Waals surface area contributed by atoms with E-state index in [4.69, 9.17) is 17.3 Å². The minimum Gasteiger partial charge on any atom is -0.371 e. The Balaban J connectivity index is 2.23. The number of carbonyl (C=O) groups excluding carboxylic acids is 1. The molecule has 0 spiro atoms. The molecule has 0 bridgehead atoms. The highest BCUT2D eigenvalue weighted by Gasteiger charge is 2.42. The van der Waals surface area contributed by atoms with Crippen LogP contribution in [-0.4, -0.2) is 36.0 Å². The summed E-state index contributed by atoms with van der Waals surface area (Å²) in [6.45, 7) is 2.95. The van der Waals surface area contributed by atoms with Gasteiger partial charge < -0.3 is 16.0 Å². The van der Waals surface area contributed by atoms with Crippen molar-refractivity contribution < 1.29 is 4.79 Å². The van der Waals surface area contributed by atoms with E-state index < -0.39 is 5.54 Å². The Morgan fingerprint density at radius 2 is 2.32 bits per heavy atom. The number of halogens is 1. The molecule has 1 fully saturated rings. The largest absolute Gasteiger partial charge is 0.371 e. The van der Waals surface area contributed by atoms with Crippen molar-refractivity contribution in [2.45, 2.75) is 31.3 Å². The predicted octanol–water partition coefficient (Wildman–Crippen LogP) is 2.09. The summed E-state index contributed by atoms with van der Waals surface area (Å²) in [5.41, 5.74) is 5.80. The molecule has 0 aliphatic carbocycles. The van der Waals surface area contributed by atoms with Crippen LogP contribution in [0.4, 0.5) is 5.69 Å². The number of nitrogens with zero attached hydrogens (tertiary/aromatic N) is 1. The minimum atomic E-state index is -0.684. The molecular formula is C14H20ClN3O. The average Bonchev–Trinajstić information content (AvgIpc) is 2.34. The Morgan fingerprint density at radius 3 is 2.89 bits per heavy atom. The normalized spacial score (nSPS) is 28.1. The van der Waals surface area contributed by atoms with Gasteiger partial charge in [0.05, 0.1) is 0 Å². The second kappa shape index (κ2) is 5.39. The molecule has 1 amide bonds. The van der Waals surface area contributed by atoms with Crippen LogP contribution in [0.5, 0.6) is 0 Å². The lowest BCUT2D eigenvalue weighted by Crippen LogP contribution is -2.59. The van der Waals surface area contributed by atoms with Crippen molar-refractivity contribution in [2.75, 3.05) is 18.9 Å². The number of rotatable bonds is 3. The van der Waals surface area contributed by atoms with Gasteiger partial charge in [-0.15, -0.1) is 0 Å². The summed E-state index contributed by atoms with van der Waals surface area (Å²) < 4.78 is 0. The van der Waals surface area contributed by atoms with E-state index in [2.05, 4.69) is 24.2 Å². The van der Waals surface area contributed by atoms with Crippen LogP contribution in [-0.2, 0) is 4.79 Å². The number of hydrogen-bond donors (Lipinski definition) is 2. The fourth-order valence-electron chi connectivity index (χ4n) is 2.59. The summed E-state index contributed by atoms with van der Waals surface area (Å²) in [7, 11) is 2.06. The Morgan fingerprint density at radius 1 is 1.58 bits per heavy atom. The number of piperidine rings is 1. The number of primary amides is 1. The van der Waals surface area contributed by atoms with E-state index in [1.165, 1.54) is 0 Å². The molecule has 1 aromatic rings. The predicted molar refractivity (Wildman–Crippen MR) is 78.3 cm³/mol. The van der Waals surface area contributed by atoms with Gasteiger partial charge in [-0.2, -0.15) is 0 Å². The molecule has 2 atom stereocenters. The van der Waals surface area contributed by atoms with E-state index in [0.717, 1.165) is 12.2 Å². The first-order valence-corrected chi connectivity index (χ1v) is 6.85. The number of hydrogen-bond acceptors (Lipinski definition) is 3. The molecule has 104 valence electrons. The van der Waals surface area contributed by atoms with Crippen LogP contribution in [0.25, 0.3) is 0 Å². The maximum absolute atomic E-state index is 11.9. The molecule has 1 saturated heterocycles. The Labute approximate surface area is 118 Å². The number of benzene rings is 1. The van der Waals surface area contributed by atoms with E-state index in [1.54, 1.807) is 6.07 Å². The zero-order valence-corrected chi connectivity index (χ0v) is 12.1. The summed E-state index contributed by atoms with van der Waals surface area (Å²) in [6, 6.07) is 7.70. The highest BCUT2D eigenvalue weighted by atomic mass is 35.5. The van der Waals surface area contributed by atoms with Gasteiger partial charge in [0.15, 0.2) is 0 Å². The SMILES string of the molecule is CC1CC(Nc2cccc(Cl)c2)(C(N)=O)CCN1C. The van der Waals surface area contributed by atoms with Crippen molar-refractivity contribution >= 4 is 23.2 Å². The van der Waals surface area contributed by atoms with Gasteiger partial charge in [0.2, 0.25) is 5.91 Å². The third kappa shape index (κ3) is 3.01. The van der Waals surface area contributed by atoms with E-state index in [-0.39, 0.29) is 5.91 Å². The average molecular weight is 282 g/mol. The van der Waals surface area contributed by atoms with Gasteiger partial charge in [0.25, 0.3) is 0 Å². The lowest BCUT2D eigenvalue weighted by molar-refractivity contribution is -0.124. The van der Waals surface area contributed by atoms with Gasteiger partial charge >= 0.3 is 0 Å². The van der Waals surface area contributed by atoms with Crippen molar-refractivity contribution in [1.29, 1.82) is 0 Å². The molecule has 1 heterocycles. The summed E-state index contributed by atoms with van der Waals surface area (Å²) in [5.74, 6) is -0.299. The smallest absolute Gasteiger partial charge is 0.243 e. The number of nitrogens with one attached hydrogen (secondary N) is 1. The second-order valence-corrected chi connectivity index (χ2v) is 5.80. The summed E-state index contributed by atoms with van der Waals surface area (Å²) in [6.07, 6.45) is 1.40. The maximum Gasteiger partial charge on any atom is 0.243 e. The van der Waals surface area contributed by atoms with Gasteiger partial charge in [-0.05, 0) is 45.0 Å². The van der Waals surface area contributed by atoms with Crippen LogP contribution in [0.3, 0.4) is 0 Å². The third-order valence-corrected chi connectivity index (χ3v) is 4.20. The molecule has 19 heavy (non-hydrogen) atoms. The highest BCUT2D eigenvalue weighted by Crippen LogP contribution is 2.30. The number of amides is 1. The topological polar surface area (TPSA) is 58.4 Å². The lowest BCUT2D eigenvalue weighted by Gasteiger charge is -2.43. The van der Waals surface area contributed by atoms with Crippen LogP contribution in [0.1, 0.15) is 19.8 Å². The first-order chi connectivity index (χ1) is 8.93. The van der Waals surface area contributed by atoms with E-state index in [0.29, 0.717) is 23.9 Å². The molecule has 0 radical (unpaired) electrons. The Bertz CT molecular complexity index is 480. The fourth-order valence-corrected chi connectivity index (χ4v) is 2.78. The van der Waals surface area contributed by atoms with Crippen molar-refractivity contribution in [1.82, 2.24) is 4.90 Å². The molecular weight excluding hydrogens is 262 g/mol. The number of anilines is 1. The van der Waals surface area contributed by atoms with Gasteiger partial charge in [-0.25, -0.2) is 0 Å². The van der Waals surface area contributed by atoms with Gasteiger partial charge in [-0.1, -0.05) is 17.7 Å². The number of carbonyl (C=O) groups is 1. The van der Waals surface area contributed by atoms with Gasteiger partial charge in [0, 0.05) is 23.3 Å². The van der Waals surface area contributed by atoms with Crippen molar-refractivity contribution in [3.63, 3.8) is 0 Å². The van der Waals surface area contributed by atoms with E-state index in [9.17, 15) is 4.79 Å². The highest BCUT2D eigenvalue weighted by molar-refractivity contribution is 6.30. The maximum atomic E-state index is 11.9. The molecule has 0 saturated carbocycles. The minimum absolute atomic E-state index is 0.299. The van der Waals surface area contributed by atoms with Gasteiger partial charge in [0.1, 0.15) is 5.54 Å². The third-order valence-electron chi connectivity index (χ3n) is 3.97.